The van der Waals surface area contributed by atoms with E-state index >= 15 is 0 Å². The summed E-state index contributed by atoms with van der Waals surface area (Å²) in [5, 5.41) is 8.82. The van der Waals surface area contributed by atoms with Gasteiger partial charge < -0.3 is 10.0 Å². The molecule has 1 fully saturated rings. The van der Waals surface area contributed by atoms with Crippen LogP contribution in [0.2, 0.25) is 0 Å². The average molecular weight is 234 g/mol. The molecule has 0 atom stereocenters. The normalized spacial score (nSPS) is 14.4. The summed E-state index contributed by atoms with van der Waals surface area (Å²) >= 11 is 0. The number of hydrogen-bond acceptors (Lipinski definition) is 3. The summed E-state index contributed by atoms with van der Waals surface area (Å²) < 4.78 is 0. The van der Waals surface area contributed by atoms with E-state index in [0.717, 1.165) is 12.8 Å². The molecule has 1 saturated carbocycles. The molecule has 5 nitrogen and oxygen atoms in total. The SMILES string of the molecule is CCN(C(=O)c1cccc(C(=O)O)n1)C1CC1. The van der Waals surface area contributed by atoms with Crippen LogP contribution in [0.4, 0.5) is 0 Å². The molecule has 5 heteroatoms. The molecule has 0 saturated heterocycles. The van der Waals surface area contributed by atoms with Crippen LogP contribution in [-0.2, 0) is 0 Å². The third-order valence-electron chi connectivity index (χ3n) is 2.78. The Balaban J connectivity index is 2.23. The van der Waals surface area contributed by atoms with Crippen molar-refractivity contribution in [2.24, 2.45) is 0 Å². The quantitative estimate of drug-likeness (QED) is 0.854. The summed E-state index contributed by atoms with van der Waals surface area (Å²) in [4.78, 5) is 28.5. The van der Waals surface area contributed by atoms with Crippen molar-refractivity contribution < 1.29 is 14.7 Å². The predicted octanol–water partition coefficient (Wildman–Crippen LogP) is 1.40. The standard InChI is InChI=1S/C12H14N2O3/c1-2-14(8-6-7-8)11(15)9-4-3-5-10(13-9)12(16)17/h3-5,8H,2,6-7H2,1H3,(H,16,17). The van der Waals surface area contributed by atoms with E-state index in [1.54, 1.807) is 17.0 Å². The molecule has 1 heterocycles. The Morgan fingerprint density at radius 1 is 1.41 bits per heavy atom. The Bertz CT molecular complexity index is 455. The summed E-state index contributed by atoms with van der Waals surface area (Å²) in [6.07, 6.45) is 2.05. The highest BCUT2D eigenvalue weighted by Crippen LogP contribution is 2.27. The molecule has 1 amide bonds. The number of nitrogens with zero attached hydrogens (tertiary/aromatic N) is 2. The molecular formula is C12H14N2O3. The number of carbonyl (C=O) groups is 2. The van der Waals surface area contributed by atoms with Crippen LogP contribution in [0.3, 0.4) is 0 Å². The van der Waals surface area contributed by atoms with Gasteiger partial charge in [-0.3, -0.25) is 4.79 Å². The van der Waals surface area contributed by atoms with E-state index in [0.29, 0.717) is 12.6 Å². The van der Waals surface area contributed by atoms with Crippen molar-refractivity contribution in [3.05, 3.63) is 29.6 Å². The number of aromatic carboxylic acids is 1. The van der Waals surface area contributed by atoms with Gasteiger partial charge in [0.2, 0.25) is 0 Å². The van der Waals surface area contributed by atoms with E-state index in [1.165, 1.54) is 6.07 Å². The third-order valence-corrected chi connectivity index (χ3v) is 2.78. The maximum absolute atomic E-state index is 12.1. The number of rotatable bonds is 4. The molecule has 0 radical (unpaired) electrons. The van der Waals surface area contributed by atoms with Gasteiger partial charge in [0.15, 0.2) is 0 Å². The number of carboxylic acid groups (broad SMARTS) is 1. The molecule has 90 valence electrons. The van der Waals surface area contributed by atoms with Crippen molar-refractivity contribution in [1.82, 2.24) is 9.88 Å². The Kier molecular flexibility index (Phi) is 3.08. The fourth-order valence-electron chi connectivity index (χ4n) is 1.77. The largest absolute Gasteiger partial charge is 0.477 e. The second-order valence-corrected chi connectivity index (χ2v) is 4.04. The Labute approximate surface area is 99.1 Å². The van der Waals surface area contributed by atoms with E-state index in [1.807, 2.05) is 6.92 Å². The summed E-state index contributed by atoms with van der Waals surface area (Å²) in [6.45, 7) is 2.54. The fraction of sp³-hybridized carbons (Fsp3) is 0.417. The number of pyridine rings is 1. The van der Waals surface area contributed by atoms with Crippen LogP contribution >= 0.6 is 0 Å². The third kappa shape index (κ3) is 2.43. The molecular weight excluding hydrogens is 220 g/mol. The highest BCUT2D eigenvalue weighted by Gasteiger charge is 2.32. The van der Waals surface area contributed by atoms with Crippen LogP contribution in [0.5, 0.6) is 0 Å². The van der Waals surface area contributed by atoms with Crippen LogP contribution in [0.1, 0.15) is 40.7 Å². The number of amides is 1. The number of hydrogen-bond donors (Lipinski definition) is 1. The van der Waals surface area contributed by atoms with E-state index < -0.39 is 5.97 Å². The first-order chi connectivity index (χ1) is 8.13. The molecule has 1 N–H and O–H groups in total. The van der Waals surface area contributed by atoms with E-state index in [9.17, 15) is 9.59 Å². The first-order valence-corrected chi connectivity index (χ1v) is 5.64. The van der Waals surface area contributed by atoms with Crippen molar-refractivity contribution in [1.29, 1.82) is 0 Å². The van der Waals surface area contributed by atoms with E-state index in [4.69, 9.17) is 5.11 Å². The zero-order valence-electron chi connectivity index (χ0n) is 9.59. The van der Waals surface area contributed by atoms with E-state index in [2.05, 4.69) is 4.98 Å². The minimum atomic E-state index is -1.12. The highest BCUT2D eigenvalue weighted by atomic mass is 16.4. The van der Waals surface area contributed by atoms with Crippen LogP contribution in [0.15, 0.2) is 18.2 Å². The molecule has 17 heavy (non-hydrogen) atoms. The second-order valence-electron chi connectivity index (χ2n) is 4.04. The van der Waals surface area contributed by atoms with Gasteiger partial charge in [0.05, 0.1) is 0 Å². The molecule has 0 spiro atoms. The lowest BCUT2D eigenvalue weighted by molar-refractivity contribution is 0.0690. The van der Waals surface area contributed by atoms with Crippen LogP contribution < -0.4 is 0 Å². The van der Waals surface area contributed by atoms with Crippen molar-refractivity contribution in [2.75, 3.05) is 6.54 Å². The van der Waals surface area contributed by atoms with Crippen molar-refractivity contribution in [3.8, 4) is 0 Å². The molecule has 0 aliphatic heterocycles. The van der Waals surface area contributed by atoms with Crippen molar-refractivity contribution >= 4 is 11.9 Å². The van der Waals surface area contributed by atoms with Gasteiger partial charge in [-0.2, -0.15) is 0 Å². The summed E-state index contributed by atoms with van der Waals surface area (Å²) in [7, 11) is 0. The minimum absolute atomic E-state index is 0.0947. The van der Waals surface area contributed by atoms with Crippen LogP contribution in [0, 0.1) is 0 Å². The Morgan fingerprint density at radius 2 is 2.06 bits per heavy atom. The lowest BCUT2D eigenvalue weighted by Crippen LogP contribution is -2.33. The monoisotopic (exact) mass is 234 g/mol. The molecule has 0 aromatic carbocycles. The van der Waals surface area contributed by atoms with Gasteiger partial charge >= 0.3 is 5.97 Å². The van der Waals surface area contributed by atoms with Crippen molar-refractivity contribution in [2.45, 2.75) is 25.8 Å². The lowest BCUT2D eigenvalue weighted by Gasteiger charge is -2.19. The fourth-order valence-corrected chi connectivity index (χ4v) is 1.77. The molecule has 1 aromatic rings. The first kappa shape index (κ1) is 11.6. The number of carboxylic acids is 1. The van der Waals surface area contributed by atoms with Gasteiger partial charge in [0.25, 0.3) is 5.91 Å². The first-order valence-electron chi connectivity index (χ1n) is 5.64. The molecule has 2 rings (SSSR count). The van der Waals surface area contributed by atoms with Gasteiger partial charge in [0, 0.05) is 12.6 Å². The zero-order chi connectivity index (χ0) is 12.4. The average Bonchev–Trinajstić information content (AvgIpc) is 3.14. The maximum atomic E-state index is 12.1. The van der Waals surface area contributed by atoms with Gasteiger partial charge in [-0.25, -0.2) is 9.78 Å². The van der Waals surface area contributed by atoms with Gasteiger partial charge in [0.1, 0.15) is 11.4 Å². The molecule has 1 aliphatic rings. The summed E-state index contributed by atoms with van der Waals surface area (Å²) in [5.74, 6) is -1.30. The highest BCUT2D eigenvalue weighted by molar-refractivity contribution is 5.94. The molecule has 0 bridgehead atoms. The van der Waals surface area contributed by atoms with E-state index in [-0.39, 0.29) is 17.3 Å². The minimum Gasteiger partial charge on any atom is -0.477 e. The topological polar surface area (TPSA) is 70.5 Å². The summed E-state index contributed by atoms with van der Waals surface area (Å²) in [6, 6.07) is 4.79. The molecule has 0 unspecified atom stereocenters. The lowest BCUT2D eigenvalue weighted by atomic mass is 10.2. The van der Waals surface area contributed by atoms with Gasteiger partial charge in [-0.1, -0.05) is 6.07 Å². The Hall–Kier alpha value is -1.91. The molecule has 1 aromatic heterocycles. The summed E-state index contributed by atoms with van der Waals surface area (Å²) in [5.41, 5.74) is 0.112. The molecule has 1 aliphatic carbocycles. The zero-order valence-corrected chi connectivity index (χ0v) is 9.59. The van der Waals surface area contributed by atoms with Crippen LogP contribution in [-0.4, -0.2) is 39.5 Å². The second kappa shape index (κ2) is 4.53. The predicted molar refractivity (Wildman–Crippen MR) is 60.9 cm³/mol. The van der Waals surface area contributed by atoms with Gasteiger partial charge in [-0.15, -0.1) is 0 Å². The van der Waals surface area contributed by atoms with Crippen LogP contribution in [0.25, 0.3) is 0 Å². The number of aromatic nitrogens is 1. The number of carbonyl (C=O) groups excluding carboxylic acids is 1. The smallest absolute Gasteiger partial charge is 0.354 e. The maximum Gasteiger partial charge on any atom is 0.354 e. The van der Waals surface area contributed by atoms with Gasteiger partial charge in [-0.05, 0) is 31.9 Å². The van der Waals surface area contributed by atoms with Crippen molar-refractivity contribution in [3.63, 3.8) is 0 Å². The Morgan fingerprint density at radius 3 is 2.59 bits per heavy atom.